The van der Waals surface area contributed by atoms with Crippen LogP contribution in [0.1, 0.15) is 23.0 Å². The van der Waals surface area contributed by atoms with Crippen LogP contribution in [-0.2, 0) is 6.54 Å². The monoisotopic (exact) mass is 442 g/mol. The Kier molecular flexibility index (Phi) is 6.24. The lowest BCUT2D eigenvalue weighted by molar-refractivity contribution is 0.0931. The summed E-state index contributed by atoms with van der Waals surface area (Å²) in [5, 5.41) is 16.9. The highest BCUT2D eigenvalue weighted by Gasteiger charge is 2.13. The van der Waals surface area contributed by atoms with Crippen LogP contribution in [0.2, 0.25) is 5.02 Å². The minimum atomic E-state index is -0.249. The maximum atomic E-state index is 12.6. The Hall–Kier alpha value is -4.02. The van der Waals surface area contributed by atoms with Crippen molar-refractivity contribution < 1.29 is 4.79 Å². The molecule has 8 heteroatoms. The fraction of sp³-hybridized carbons (Fsp3) is 0.125. The van der Waals surface area contributed by atoms with E-state index in [0.29, 0.717) is 22.8 Å². The van der Waals surface area contributed by atoms with Crippen LogP contribution in [0.5, 0.6) is 0 Å². The van der Waals surface area contributed by atoms with Gasteiger partial charge in [0.2, 0.25) is 0 Å². The molecule has 0 saturated heterocycles. The molecule has 1 aromatic carbocycles. The number of rotatable bonds is 6. The predicted molar refractivity (Wildman–Crippen MR) is 122 cm³/mol. The average Bonchev–Trinajstić information content (AvgIpc) is 3.28. The number of nitrogens with one attached hydrogen (secondary N) is 1. The van der Waals surface area contributed by atoms with E-state index in [0.717, 1.165) is 22.4 Å². The molecule has 0 saturated carbocycles. The third kappa shape index (κ3) is 4.82. The molecule has 0 bridgehead atoms. The van der Waals surface area contributed by atoms with E-state index in [9.17, 15) is 4.79 Å². The van der Waals surface area contributed by atoms with Gasteiger partial charge in [-0.25, -0.2) is 0 Å². The SMILES string of the molecule is CC(Cn1ccc(-c2ccc(C#N)c(Cl)c2)n1)NC(=O)c1ccc(-c2cccnc2)cn1. The molecular weight excluding hydrogens is 424 g/mol. The average molecular weight is 443 g/mol. The first kappa shape index (κ1) is 21.2. The molecule has 7 nitrogen and oxygen atoms in total. The molecule has 158 valence electrons. The first-order valence-electron chi connectivity index (χ1n) is 9.94. The van der Waals surface area contributed by atoms with Crippen LogP contribution < -0.4 is 5.32 Å². The number of carbonyl (C=O) groups is 1. The van der Waals surface area contributed by atoms with Crippen molar-refractivity contribution in [2.45, 2.75) is 19.5 Å². The molecule has 3 aromatic heterocycles. The normalized spacial score (nSPS) is 11.5. The minimum absolute atomic E-state index is 0.167. The summed E-state index contributed by atoms with van der Waals surface area (Å²) < 4.78 is 1.76. The summed E-state index contributed by atoms with van der Waals surface area (Å²) in [6.45, 7) is 2.39. The first-order valence-corrected chi connectivity index (χ1v) is 10.3. The van der Waals surface area contributed by atoms with Gasteiger partial charge in [0.1, 0.15) is 11.8 Å². The fourth-order valence-electron chi connectivity index (χ4n) is 3.24. The number of carbonyl (C=O) groups excluding carboxylic acids is 1. The minimum Gasteiger partial charge on any atom is -0.346 e. The van der Waals surface area contributed by atoms with E-state index in [2.05, 4.69) is 20.4 Å². The lowest BCUT2D eigenvalue weighted by Crippen LogP contribution is -2.36. The standard InChI is InChI=1S/C24H19ClN6O/c1-16(15-31-10-8-22(30-31)17-4-5-18(12-26)21(25)11-17)29-24(32)23-7-6-20(14-28-23)19-3-2-9-27-13-19/h2-11,13-14,16H,15H2,1H3,(H,29,32). The molecule has 0 fully saturated rings. The van der Waals surface area contributed by atoms with Crippen molar-refractivity contribution in [3.05, 3.63) is 89.6 Å². The number of nitriles is 1. The molecule has 4 aromatic rings. The zero-order valence-corrected chi connectivity index (χ0v) is 18.0. The molecule has 1 N–H and O–H groups in total. The Morgan fingerprint density at radius 1 is 1.16 bits per heavy atom. The van der Waals surface area contributed by atoms with Gasteiger partial charge >= 0.3 is 0 Å². The molecule has 32 heavy (non-hydrogen) atoms. The number of pyridine rings is 2. The quantitative estimate of drug-likeness (QED) is 0.478. The van der Waals surface area contributed by atoms with Gasteiger partial charge in [-0.05, 0) is 37.3 Å². The number of halogens is 1. The molecule has 0 aliphatic rings. The Balaban J connectivity index is 1.38. The summed E-state index contributed by atoms with van der Waals surface area (Å²) >= 11 is 6.12. The van der Waals surface area contributed by atoms with Gasteiger partial charge in [0, 0.05) is 47.5 Å². The Bertz CT molecular complexity index is 1280. The summed E-state index contributed by atoms with van der Waals surface area (Å²) in [5.74, 6) is -0.249. The lowest BCUT2D eigenvalue weighted by atomic mass is 10.1. The van der Waals surface area contributed by atoms with Crippen LogP contribution in [0.15, 0.2) is 73.3 Å². The van der Waals surface area contributed by atoms with Crippen molar-refractivity contribution in [1.82, 2.24) is 25.1 Å². The summed E-state index contributed by atoms with van der Waals surface area (Å²) in [5.41, 5.74) is 4.17. The van der Waals surface area contributed by atoms with Crippen molar-refractivity contribution in [1.29, 1.82) is 5.26 Å². The van der Waals surface area contributed by atoms with Crippen LogP contribution in [0.25, 0.3) is 22.4 Å². The lowest BCUT2D eigenvalue weighted by Gasteiger charge is -2.14. The van der Waals surface area contributed by atoms with Crippen molar-refractivity contribution >= 4 is 17.5 Å². The van der Waals surface area contributed by atoms with Gasteiger partial charge in [-0.1, -0.05) is 29.8 Å². The van der Waals surface area contributed by atoms with Crippen LogP contribution in [0.4, 0.5) is 0 Å². The van der Waals surface area contributed by atoms with Crippen molar-refractivity contribution in [2.24, 2.45) is 0 Å². The van der Waals surface area contributed by atoms with Crippen LogP contribution in [-0.4, -0.2) is 31.7 Å². The number of hydrogen-bond acceptors (Lipinski definition) is 5. The highest BCUT2D eigenvalue weighted by Crippen LogP contribution is 2.24. The van der Waals surface area contributed by atoms with E-state index in [1.165, 1.54) is 0 Å². The highest BCUT2D eigenvalue weighted by molar-refractivity contribution is 6.32. The van der Waals surface area contributed by atoms with Gasteiger partial charge < -0.3 is 5.32 Å². The largest absolute Gasteiger partial charge is 0.346 e. The van der Waals surface area contributed by atoms with Crippen LogP contribution >= 0.6 is 11.6 Å². The molecule has 4 rings (SSSR count). The number of benzene rings is 1. The van der Waals surface area contributed by atoms with E-state index in [1.807, 2.05) is 49.5 Å². The second kappa shape index (κ2) is 9.41. The summed E-state index contributed by atoms with van der Waals surface area (Å²) in [6.07, 6.45) is 6.97. The topological polar surface area (TPSA) is 96.5 Å². The third-order valence-electron chi connectivity index (χ3n) is 4.86. The molecule has 1 atom stereocenters. The van der Waals surface area contributed by atoms with E-state index in [4.69, 9.17) is 16.9 Å². The van der Waals surface area contributed by atoms with Gasteiger partial charge in [-0.15, -0.1) is 0 Å². The fourth-order valence-corrected chi connectivity index (χ4v) is 3.46. The molecule has 1 amide bonds. The zero-order chi connectivity index (χ0) is 22.5. The zero-order valence-electron chi connectivity index (χ0n) is 17.2. The molecule has 0 aliphatic carbocycles. The van der Waals surface area contributed by atoms with E-state index < -0.39 is 0 Å². The van der Waals surface area contributed by atoms with Gasteiger partial charge in [-0.3, -0.25) is 19.4 Å². The highest BCUT2D eigenvalue weighted by atomic mass is 35.5. The van der Waals surface area contributed by atoms with Crippen molar-refractivity contribution in [3.8, 4) is 28.5 Å². The smallest absolute Gasteiger partial charge is 0.270 e. The second-order valence-corrected chi connectivity index (χ2v) is 7.68. The Morgan fingerprint density at radius 2 is 1.97 bits per heavy atom. The van der Waals surface area contributed by atoms with Crippen LogP contribution in [0.3, 0.4) is 0 Å². The van der Waals surface area contributed by atoms with E-state index in [1.54, 1.807) is 41.5 Å². The van der Waals surface area contributed by atoms with Crippen LogP contribution in [0, 0.1) is 11.3 Å². The molecule has 0 radical (unpaired) electrons. The summed E-state index contributed by atoms with van der Waals surface area (Å²) in [4.78, 5) is 20.9. The Labute approximate surface area is 190 Å². The molecular formula is C24H19ClN6O. The predicted octanol–water partition coefficient (Wildman–Crippen LogP) is 4.35. The van der Waals surface area contributed by atoms with Gasteiger partial charge in [0.05, 0.1) is 22.8 Å². The third-order valence-corrected chi connectivity index (χ3v) is 5.17. The molecule has 3 heterocycles. The number of nitrogens with zero attached hydrogens (tertiary/aromatic N) is 5. The maximum Gasteiger partial charge on any atom is 0.270 e. The van der Waals surface area contributed by atoms with Crippen molar-refractivity contribution in [2.75, 3.05) is 0 Å². The van der Waals surface area contributed by atoms with Crippen molar-refractivity contribution in [3.63, 3.8) is 0 Å². The van der Waals surface area contributed by atoms with E-state index in [-0.39, 0.29) is 11.9 Å². The van der Waals surface area contributed by atoms with Gasteiger partial charge in [0.25, 0.3) is 5.91 Å². The number of amides is 1. The molecule has 1 unspecified atom stereocenters. The molecule has 0 spiro atoms. The van der Waals surface area contributed by atoms with Gasteiger partial charge in [-0.2, -0.15) is 10.4 Å². The summed E-state index contributed by atoms with van der Waals surface area (Å²) in [6, 6.07) is 16.3. The second-order valence-electron chi connectivity index (χ2n) is 7.28. The molecule has 0 aliphatic heterocycles. The van der Waals surface area contributed by atoms with E-state index >= 15 is 0 Å². The Morgan fingerprint density at radius 3 is 2.66 bits per heavy atom. The summed E-state index contributed by atoms with van der Waals surface area (Å²) in [7, 11) is 0. The maximum absolute atomic E-state index is 12.6. The first-order chi connectivity index (χ1) is 15.5. The number of hydrogen-bond donors (Lipinski definition) is 1. The number of aromatic nitrogens is 4. The van der Waals surface area contributed by atoms with Gasteiger partial charge in [0.15, 0.2) is 0 Å².